The molecule has 1 aliphatic rings. The predicted molar refractivity (Wildman–Crippen MR) is 151 cm³/mol. The molecule has 1 aliphatic carbocycles. The molecule has 0 aromatic heterocycles. The van der Waals surface area contributed by atoms with E-state index in [4.69, 9.17) is 8.85 Å². The Kier molecular flexibility index (Phi) is 8.96. The van der Waals surface area contributed by atoms with Gasteiger partial charge in [-0.05, 0) is 71.7 Å². The van der Waals surface area contributed by atoms with Gasteiger partial charge in [-0.25, -0.2) is 0 Å². The number of rotatable bonds is 12. The molecule has 34 heavy (non-hydrogen) atoms. The minimum absolute atomic E-state index is 0.550. The van der Waals surface area contributed by atoms with Crippen LogP contribution in [0.3, 0.4) is 0 Å². The highest BCUT2D eigenvalue weighted by Gasteiger charge is 2.45. The fraction of sp³-hybridized carbons (Fsp3) is 0.467. The Morgan fingerprint density at radius 3 is 0.971 bits per heavy atom. The highest BCUT2D eigenvalue weighted by Crippen LogP contribution is 2.45. The summed E-state index contributed by atoms with van der Waals surface area (Å²) in [4.78, 5) is 0. The van der Waals surface area contributed by atoms with Crippen LogP contribution in [0.1, 0.15) is 52.7 Å². The van der Waals surface area contributed by atoms with Gasteiger partial charge < -0.3 is 8.85 Å². The first-order valence-corrected chi connectivity index (χ1v) is 18.4. The van der Waals surface area contributed by atoms with Crippen molar-refractivity contribution >= 4 is 16.6 Å². The van der Waals surface area contributed by atoms with E-state index in [1.165, 1.54) is 11.1 Å². The van der Waals surface area contributed by atoms with Crippen molar-refractivity contribution < 1.29 is 8.85 Å². The summed E-state index contributed by atoms with van der Waals surface area (Å²) in [5.41, 5.74) is 1.29. The summed E-state index contributed by atoms with van der Waals surface area (Å²) >= 11 is 0. The lowest BCUT2D eigenvalue weighted by atomic mass is 9.82. The second kappa shape index (κ2) is 11.3. The molecule has 0 N–H and O–H groups in total. The van der Waals surface area contributed by atoms with Gasteiger partial charge in [-0.15, -0.1) is 0 Å². The first-order chi connectivity index (χ1) is 16.4. The van der Waals surface area contributed by atoms with Crippen molar-refractivity contribution in [2.24, 2.45) is 0 Å². The molecule has 2 aromatic carbocycles. The maximum absolute atomic E-state index is 7.26. The molecular weight excluding hydrogens is 449 g/mol. The molecule has 0 atom stereocenters. The summed E-state index contributed by atoms with van der Waals surface area (Å²) in [5.74, 6) is 0. The Bertz CT molecular complexity index is 836. The minimum Gasteiger partial charge on any atom is -0.401 e. The van der Waals surface area contributed by atoms with Crippen LogP contribution in [0.15, 0.2) is 85.0 Å². The standard InChI is InChI=1S/C30H44O2Si2/c1-7-33(8-2,9-3)31-29(27-19-15-13-16-20-27)23-25-30(26-24-29,28-21-17-14-18-22-28)32-34(10-4,11-5)12-6/h13-26H,7-12H2,1-6H3. The number of hydrogen-bond acceptors (Lipinski definition) is 2. The van der Waals surface area contributed by atoms with Gasteiger partial charge in [-0.1, -0.05) is 102 Å². The maximum atomic E-state index is 7.26. The Morgan fingerprint density at radius 1 is 0.471 bits per heavy atom. The maximum Gasteiger partial charge on any atom is 0.194 e. The second-order valence-electron chi connectivity index (χ2n) is 9.68. The fourth-order valence-corrected chi connectivity index (χ4v) is 11.1. The van der Waals surface area contributed by atoms with E-state index >= 15 is 0 Å². The molecule has 0 spiro atoms. The molecule has 0 fully saturated rings. The third kappa shape index (κ3) is 5.25. The van der Waals surface area contributed by atoms with Crippen molar-refractivity contribution in [1.82, 2.24) is 0 Å². The van der Waals surface area contributed by atoms with Crippen molar-refractivity contribution in [1.29, 1.82) is 0 Å². The highest BCUT2D eigenvalue weighted by atomic mass is 28.4. The van der Waals surface area contributed by atoms with E-state index in [-0.39, 0.29) is 0 Å². The van der Waals surface area contributed by atoms with Crippen LogP contribution in [0.5, 0.6) is 0 Å². The lowest BCUT2D eigenvalue weighted by molar-refractivity contribution is 0.121. The van der Waals surface area contributed by atoms with E-state index in [1.807, 2.05) is 0 Å². The largest absolute Gasteiger partial charge is 0.401 e. The first kappa shape index (κ1) is 26.9. The Labute approximate surface area is 210 Å². The number of hydrogen-bond donors (Lipinski definition) is 0. The van der Waals surface area contributed by atoms with E-state index in [9.17, 15) is 0 Å². The van der Waals surface area contributed by atoms with Gasteiger partial charge in [0.1, 0.15) is 11.2 Å². The Hall–Kier alpha value is -1.73. The van der Waals surface area contributed by atoms with Crippen LogP contribution < -0.4 is 0 Å². The van der Waals surface area contributed by atoms with E-state index in [0.717, 1.165) is 36.3 Å². The molecule has 0 unspecified atom stereocenters. The van der Waals surface area contributed by atoms with Crippen LogP contribution >= 0.6 is 0 Å². The SMILES string of the molecule is CC[Si](CC)(CC)OC1(c2ccccc2)C=CC(O[Si](CC)(CC)CC)(c2ccccc2)C=C1. The zero-order valence-corrected chi connectivity index (χ0v) is 24.1. The zero-order chi connectivity index (χ0) is 24.7. The second-order valence-corrected chi connectivity index (χ2v) is 19.1. The van der Waals surface area contributed by atoms with Crippen molar-refractivity contribution in [3.05, 3.63) is 96.1 Å². The summed E-state index contributed by atoms with van der Waals surface area (Å²) < 4.78 is 14.5. The summed E-state index contributed by atoms with van der Waals surface area (Å²) in [7, 11) is -3.78. The molecule has 4 heteroatoms. The molecule has 0 radical (unpaired) electrons. The van der Waals surface area contributed by atoms with Crippen LogP contribution in [0, 0.1) is 0 Å². The third-order valence-electron chi connectivity index (χ3n) is 8.24. The van der Waals surface area contributed by atoms with Crippen LogP contribution in [0.25, 0.3) is 0 Å². The molecule has 184 valence electrons. The molecule has 2 aromatic rings. The van der Waals surface area contributed by atoms with Gasteiger partial charge in [0.25, 0.3) is 0 Å². The predicted octanol–water partition coefficient (Wildman–Crippen LogP) is 8.95. The molecular formula is C30H44O2Si2. The average molecular weight is 493 g/mol. The zero-order valence-electron chi connectivity index (χ0n) is 22.1. The Morgan fingerprint density at radius 2 is 0.735 bits per heavy atom. The van der Waals surface area contributed by atoms with Crippen LogP contribution in [0.2, 0.25) is 36.3 Å². The minimum atomic E-state index is -1.89. The summed E-state index contributed by atoms with van der Waals surface area (Å²) in [6.45, 7) is 13.8. The summed E-state index contributed by atoms with van der Waals surface area (Å²) in [6.07, 6.45) is 9.22. The van der Waals surface area contributed by atoms with Gasteiger partial charge >= 0.3 is 0 Å². The van der Waals surface area contributed by atoms with Gasteiger partial charge in [-0.3, -0.25) is 0 Å². The van der Waals surface area contributed by atoms with Gasteiger partial charge in [0.15, 0.2) is 16.6 Å². The topological polar surface area (TPSA) is 18.5 Å². The summed E-state index contributed by atoms with van der Waals surface area (Å²) in [6, 6.07) is 28.2. The van der Waals surface area contributed by atoms with E-state index < -0.39 is 27.8 Å². The van der Waals surface area contributed by atoms with Gasteiger partial charge in [-0.2, -0.15) is 0 Å². The van der Waals surface area contributed by atoms with Crippen LogP contribution in [-0.2, 0) is 20.1 Å². The molecule has 0 saturated heterocycles. The Balaban J connectivity index is 2.15. The molecule has 0 aliphatic heterocycles. The molecule has 0 saturated carbocycles. The van der Waals surface area contributed by atoms with Crippen molar-refractivity contribution in [2.45, 2.75) is 89.0 Å². The fourth-order valence-electron chi connectivity index (χ4n) is 5.29. The van der Waals surface area contributed by atoms with E-state index in [0.29, 0.717) is 0 Å². The molecule has 2 nitrogen and oxygen atoms in total. The number of benzene rings is 2. The highest BCUT2D eigenvalue weighted by molar-refractivity contribution is 6.74. The van der Waals surface area contributed by atoms with Gasteiger partial charge in [0.2, 0.25) is 0 Å². The lowest BCUT2D eigenvalue weighted by Crippen LogP contribution is -2.48. The first-order valence-electron chi connectivity index (χ1n) is 13.3. The van der Waals surface area contributed by atoms with Crippen LogP contribution in [-0.4, -0.2) is 16.6 Å². The molecule has 0 heterocycles. The quantitative estimate of drug-likeness (QED) is 0.217. The van der Waals surface area contributed by atoms with Crippen molar-refractivity contribution in [2.75, 3.05) is 0 Å². The smallest absolute Gasteiger partial charge is 0.194 e. The van der Waals surface area contributed by atoms with Gasteiger partial charge in [0, 0.05) is 0 Å². The molecule has 3 rings (SSSR count). The lowest BCUT2D eigenvalue weighted by Gasteiger charge is -2.45. The average Bonchev–Trinajstić information content (AvgIpc) is 2.93. The normalized spacial score (nSPS) is 22.8. The van der Waals surface area contributed by atoms with E-state index in [2.05, 4.69) is 127 Å². The monoisotopic (exact) mass is 492 g/mol. The third-order valence-corrected chi connectivity index (χ3v) is 17.5. The van der Waals surface area contributed by atoms with Crippen LogP contribution in [0.4, 0.5) is 0 Å². The van der Waals surface area contributed by atoms with Gasteiger partial charge in [0.05, 0.1) is 0 Å². The van der Waals surface area contributed by atoms with Crippen molar-refractivity contribution in [3.63, 3.8) is 0 Å². The van der Waals surface area contributed by atoms with E-state index in [1.54, 1.807) is 0 Å². The van der Waals surface area contributed by atoms with Crippen molar-refractivity contribution in [3.8, 4) is 0 Å². The molecule has 0 amide bonds. The summed E-state index contributed by atoms with van der Waals surface area (Å²) in [5, 5.41) is 0. The molecule has 0 bridgehead atoms.